The molecule has 8 heteroatoms. The maximum Gasteiger partial charge on any atom is 0.252 e. The summed E-state index contributed by atoms with van der Waals surface area (Å²) < 4.78 is 7.75. The number of rotatable bonds is 13. The van der Waals surface area contributed by atoms with E-state index < -0.39 is 11.6 Å². The molecule has 206 valence electrons. The van der Waals surface area contributed by atoms with E-state index in [1.165, 1.54) is 0 Å². The van der Waals surface area contributed by atoms with Gasteiger partial charge in [0.2, 0.25) is 0 Å². The van der Waals surface area contributed by atoms with Crippen LogP contribution >= 0.6 is 0 Å². The van der Waals surface area contributed by atoms with Crippen LogP contribution in [0.5, 0.6) is 0 Å². The maximum atomic E-state index is 13.5. The van der Waals surface area contributed by atoms with Gasteiger partial charge in [-0.05, 0) is 37.8 Å². The van der Waals surface area contributed by atoms with Crippen LogP contribution in [0.1, 0.15) is 43.9 Å². The Bertz CT molecular complexity index is 1240. The number of amides is 1. The molecular formula is C31H40N6O2. The molecule has 3 aromatic rings. The molecule has 39 heavy (non-hydrogen) atoms. The minimum atomic E-state index is -0.623. The zero-order chi connectivity index (χ0) is 27.8. The van der Waals surface area contributed by atoms with E-state index in [9.17, 15) is 4.79 Å². The van der Waals surface area contributed by atoms with Gasteiger partial charge in [0.05, 0.1) is 31.1 Å². The molecule has 2 heterocycles. The summed E-state index contributed by atoms with van der Waals surface area (Å²) in [6.45, 7) is 14.6. The normalized spacial score (nSPS) is 15.0. The molecule has 2 aromatic carbocycles. The van der Waals surface area contributed by atoms with Crippen LogP contribution in [0.25, 0.3) is 0 Å². The third-order valence-electron chi connectivity index (χ3n) is 6.88. The molecule has 4 rings (SSSR count). The Labute approximate surface area is 231 Å². The highest BCUT2D eigenvalue weighted by molar-refractivity contribution is 5.84. The van der Waals surface area contributed by atoms with Crippen molar-refractivity contribution in [3.63, 3.8) is 0 Å². The number of hydrogen-bond acceptors (Lipinski definition) is 6. The van der Waals surface area contributed by atoms with Crippen LogP contribution in [0, 0.1) is 0 Å². The van der Waals surface area contributed by atoms with E-state index in [2.05, 4.69) is 28.9 Å². The van der Waals surface area contributed by atoms with E-state index in [0.717, 1.165) is 42.7 Å². The van der Waals surface area contributed by atoms with E-state index in [1.54, 1.807) is 10.9 Å². The Morgan fingerprint density at radius 1 is 1.08 bits per heavy atom. The van der Waals surface area contributed by atoms with Crippen molar-refractivity contribution >= 4 is 11.6 Å². The van der Waals surface area contributed by atoms with Crippen molar-refractivity contribution in [1.29, 1.82) is 0 Å². The Balaban J connectivity index is 1.48. The van der Waals surface area contributed by atoms with Crippen molar-refractivity contribution in [1.82, 2.24) is 20.0 Å². The maximum absolute atomic E-state index is 13.5. The first-order valence-corrected chi connectivity index (χ1v) is 13.4. The molecule has 0 aliphatic carbocycles. The number of nitrogens with one attached hydrogen (secondary N) is 2. The van der Waals surface area contributed by atoms with Gasteiger partial charge in [0.1, 0.15) is 0 Å². The fourth-order valence-electron chi connectivity index (χ4n) is 4.47. The van der Waals surface area contributed by atoms with E-state index in [0.29, 0.717) is 24.6 Å². The Hall–Kier alpha value is -3.88. The van der Waals surface area contributed by atoms with Gasteiger partial charge in [-0.2, -0.15) is 5.10 Å². The van der Waals surface area contributed by atoms with Gasteiger partial charge in [-0.1, -0.05) is 73.8 Å². The number of hydrogen-bond donors (Lipinski definition) is 3. The molecule has 1 saturated heterocycles. The topological polar surface area (TPSA) is 97.4 Å². The summed E-state index contributed by atoms with van der Waals surface area (Å²) in [6.07, 6.45) is 5.62. The van der Waals surface area contributed by atoms with Gasteiger partial charge in [0.25, 0.3) is 5.91 Å². The van der Waals surface area contributed by atoms with Gasteiger partial charge in [-0.25, -0.2) is 0 Å². The summed E-state index contributed by atoms with van der Waals surface area (Å²) in [5, 5.41) is 11.3. The number of carbonyl (C=O) groups is 1. The fourth-order valence-corrected chi connectivity index (χ4v) is 4.47. The number of nitrogens with zero attached hydrogens (tertiary/aromatic N) is 3. The Morgan fingerprint density at radius 3 is 2.36 bits per heavy atom. The van der Waals surface area contributed by atoms with Gasteiger partial charge < -0.3 is 26.0 Å². The molecule has 0 bridgehead atoms. The summed E-state index contributed by atoms with van der Waals surface area (Å²) >= 11 is 0. The van der Waals surface area contributed by atoms with Crippen LogP contribution in [0.4, 0.5) is 5.69 Å². The standard InChI is InChI=1S/C31H40N6O2/c1-23(28(35-24(2)31(3,4)32)22-39-21-25-13-7-5-8-14-25)34-27-19-33-37(20-27)29(26-15-9-6-10-16-26)30(38)36-17-11-12-18-36/h5-10,13-16,19-20,28-29,34-35H,1-2,11-12,17-18,21-22,32H2,3-4H3. The summed E-state index contributed by atoms with van der Waals surface area (Å²) in [7, 11) is 0. The highest BCUT2D eigenvalue weighted by atomic mass is 16.5. The van der Waals surface area contributed by atoms with Crippen LogP contribution in [-0.2, 0) is 16.1 Å². The second-order valence-corrected chi connectivity index (χ2v) is 10.6. The summed E-state index contributed by atoms with van der Waals surface area (Å²) in [4.78, 5) is 15.4. The number of ether oxygens (including phenoxy) is 1. The Morgan fingerprint density at radius 2 is 1.72 bits per heavy atom. The molecule has 1 aromatic heterocycles. The first-order valence-electron chi connectivity index (χ1n) is 13.4. The number of nitrogens with two attached hydrogens (primary N) is 1. The second-order valence-electron chi connectivity index (χ2n) is 10.6. The molecule has 2 unspecified atom stereocenters. The Kier molecular flexibility index (Phi) is 9.22. The molecule has 8 nitrogen and oxygen atoms in total. The van der Waals surface area contributed by atoms with Gasteiger partial charge in [-0.15, -0.1) is 0 Å². The molecule has 1 aliphatic rings. The summed E-state index contributed by atoms with van der Waals surface area (Å²) in [5.74, 6) is 0.0579. The average molecular weight is 529 g/mol. The second kappa shape index (κ2) is 12.8. The molecule has 1 amide bonds. The van der Waals surface area contributed by atoms with Crippen LogP contribution in [0.2, 0.25) is 0 Å². The first kappa shape index (κ1) is 28.1. The zero-order valence-electron chi connectivity index (χ0n) is 23.0. The lowest BCUT2D eigenvalue weighted by Gasteiger charge is -2.30. The lowest BCUT2D eigenvalue weighted by molar-refractivity contribution is -0.132. The minimum absolute atomic E-state index is 0.0579. The van der Waals surface area contributed by atoms with Crippen molar-refractivity contribution in [2.75, 3.05) is 25.0 Å². The number of anilines is 1. The van der Waals surface area contributed by atoms with Crippen molar-refractivity contribution in [2.45, 2.75) is 50.9 Å². The molecule has 4 N–H and O–H groups in total. The van der Waals surface area contributed by atoms with E-state index >= 15 is 0 Å². The minimum Gasteiger partial charge on any atom is -0.377 e. The largest absolute Gasteiger partial charge is 0.377 e. The van der Waals surface area contributed by atoms with Gasteiger partial charge in [0.15, 0.2) is 6.04 Å². The summed E-state index contributed by atoms with van der Waals surface area (Å²) in [6, 6.07) is 19.0. The number of likely N-dealkylation sites (tertiary alicyclic amines) is 1. The molecular weight excluding hydrogens is 488 g/mol. The SMILES string of the molecule is C=C(Nc1cnn(C(C(=O)N2CCCC2)c2ccccc2)c1)C(COCc1ccccc1)NC(=C)C(C)(C)N. The molecule has 0 radical (unpaired) electrons. The van der Waals surface area contributed by atoms with Gasteiger partial charge >= 0.3 is 0 Å². The predicted octanol–water partition coefficient (Wildman–Crippen LogP) is 4.45. The predicted molar refractivity (Wildman–Crippen MR) is 156 cm³/mol. The monoisotopic (exact) mass is 528 g/mol. The molecule has 1 aliphatic heterocycles. The molecule has 0 spiro atoms. The van der Waals surface area contributed by atoms with Crippen molar-refractivity contribution in [3.05, 3.63) is 109 Å². The van der Waals surface area contributed by atoms with Crippen LogP contribution < -0.4 is 16.4 Å². The number of aromatic nitrogens is 2. The third kappa shape index (κ3) is 7.59. The average Bonchev–Trinajstić information content (AvgIpc) is 3.62. The van der Waals surface area contributed by atoms with Crippen molar-refractivity contribution in [3.8, 4) is 0 Å². The number of benzene rings is 2. The van der Waals surface area contributed by atoms with Crippen molar-refractivity contribution < 1.29 is 9.53 Å². The smallest absolute Gasteiger partial charge is 0.252 e. The van der Waals surface area contributed by atoms with E-state index in [4.69, 9.17) is 10.5 Å². The highest BCUT2D eigenvalue weighted by Crippen LogP contribution is 2.25. The van der Waals surface area contributed by atoms with E-state index in [1.807, 2.05) is 85.6 Å². The lowest BCUT2D eigenvalue weighted by atomic mass is 10.0. The van der Waals surface area contributed by atoms with Gasteiger partial charge in [-0.3, -0.25) is 9.48 Å². The molecule has 0 saturated carbocycles. The number of carbonyl (C=O) groups excluding carboxylic acids is 1. The quantitative estimate of drug-likeness (QED) is 0.303. The zero-order valence-corrected chi connectivity index (χ0v) is 23.0. The van der Waals surface area contributed by atoms with Crippen LogP contribution in [0.3, 0.4) is 0 Å². The fraction of sp³-hybridized carbons (Fsp3) is 0.355. The van der Waals surface area contributed by atoms with Crippen LogP contribution in [-0.4, -0.2) is 51.9 Å². The lowest BCUT2D eigenvalue weighted by Crippen LogP contribution is -2.46. The molecule has 1 fully saturated rings. The van der Waals surface area contributed by atoms with E-state index in [-0.39, 0.29) is 11.9 Å². The van der Waals surface area contributed by atoms with Crippen molar-refractivity contribution in [2.24, 2.45) is 5.73 Å². The highest BCUT2D eigenvalue weighted by Gasteiger charge is 2.30. The molecule has 2 atom stereocenters. The third-order valence-corrected chi connectivity index (χ3v) is 6.88. The van der Waals surface area contributed by atoms with Gasteiger partial charge in [0, 0.05) is 36.2 Å². The summed E-state index contributed by atoms with van der Waals surface area (Å²) in [5.41, 5.74) is 9.71. The van der Waals surface area contributed by atoms with Crippen LogP contribution in [0.15, 0.2) is 97.6 Å². The first-order chi connectivity index (χ1) is 18.7.